The number of rotatable bonds is 9. The normalized spacial score (nSPS) is 11.8. The van der Waals surface area contributed by atoms with Crippen molar-refractivity contribution < 1.29 is 23.5 Å². The lowest BCUT2D eigenvalue weighted by Crippen LogP contribution is -2.42. The molecule has 1 aliphatic rings. The van der Waals surface area contributed by atoms with Gasteiger partial charge in [-0.3, -0.25) is 9.59 Å². The summed E-state index contributed by atoms with van der Waals surface area (Å²) in [6.45, 7) is 4.72. The van der Waals surface area contributed by atoms with Crippen LogP contribution in [-0.4, -0.2) is 41.5 Å². The predicted octanol–water partition coefficient (Wildman–Crippen LogP) is 3.87. The molecule has 0 fully saturated rings. The van der Waals surface area contributed by atoms with Gasteiger partial charge in [-0.1, -0.05) is 36.4 Å². The van der Waals surface area contributed by atoms with Gasteiger partial charge in [0.2, 0.25) is 12.7 Å². The monoisotopic (exact) mass is 432 g/mol. The molecule has 0 saturated heterocycles. The standard InChI is InChI=1S/C25H24N2O5/c1-2-12-26(25(29)20-10-11-22-23(14-20)32-18-31-22)17-24(28)27(16-21-9-6-13-30-21)15-19-7-4-3-5-8-19/h2-11,13-14H,1,12,15-18H2. The number of fused-ring (bicyclic) bond motifs is 1. The van der Waals surface area contributed by atoms with E-state index in [4.69, 9.17) is 13.9 Å². The second-order valence-corrected chi connectivity index (χ2v) is 7.36. The zero-order valence-corrected chi connectivity index (χ0v) is 17.6. The zero-order valence-electron chi connectivity index (χ0n) is 17.6. The van der Waals surface area contributed by atoms with Crippen LogP contribution in [0.2, 0.25) is 0 Å². The summed E-state index contributed by atoms with van der Waals surface area (Å²) in [6, 6.07) is 18.3. The molecule has 2 amide bonds. The Balaban J connectivity index is 1.52. The van der Waals surface area contributed by atoms with Gasteiger partial charge in [0, 0.05) is 18.7 Å². The number of furan rings is 1. The fourth-order valence-electron chi connectivity index (χ4n) is 3.48. The summed E-state index contributed by atoms with van der Waals surface area (Å²) in [5.74, 6) is 1.31. The third-order valence-electron chi connectivity index (χ3n) is 5.08. The Morgan fingerprint density at radius 2 is 1.75 bits per heavy atom. The second-order valence-electron chi connectivity index (χ2n) is 7.36. The number of amides is 2. The summed E-state index contributed by atoms with van der Waals surface area (Å²) in [5.41, 5.74) is 1.41. The van der Waals surface area contributed by atoms with Crippen molar-refractivity contribution in [3.05, 3.63) is 96.5 Å². The molecule has 32 heavy (non-hydrogen) atoms. The largest absolute Gasteiger partial charge is 0.467 e. The van der Waals surface area contributed by atoms with E-state index in [1.165, 1.54) is 4.90 Å². The molecule has 1 aromatic heterocycles. The van der Waals surface area contributed by atoms with Gasteiger partial charge < -0.3 is 23.7 Å². The highest BCUT2D eigenvalue weighted by Crippen LogP contribution is 2.32. The highest BCUT2D eigenvalue weighted by atomic mass is 16.7. The summed E-state index contributed by atoms with van der Waals surface area (Å²) in [5, 5.41) is 0. The van der Waals surface area contributed by atoms with Gasteiger partial charge in [0.25, 0.3) is 5.91 Å². The minimum absolute atomic E-state index is 0.0904. The Kier molecular flexibility index (Phi) is 6.55. The van der Waals surface area contributed by atoms with E-state index in [-0.39, 0.29) is 31.7 Å². The molecule has 7 heteroatoms. The summed E-state index contributed by atoms with van der Waals surface area (Å²) < 4.78 is 16.1. The predicted molar refractivity (Wildman–Crippen MR) is 118 cm³/mol. The molecule has 4 rings (SSSR count). The van der Waals surface area contributed by atoms with Crippen LogP contribution in [0, 0.1) is 0 Å². The van der Waals surface area contributed by atoms with Gasteiger partial charge >= 0.3 is 0 Å². The number of benzene rings is 2. The minimum Gasteiger partial charge on any atom is -0.467 e. The molecule has 0 aliphatic carbocycles. The van der Waals surface area contributed by atoms with Crippen molar-refractivity contribution in [3.8, 4) is 11.5 Å². The molecule has 0 bridgehead atoms. The molecule has 0 radical (unpaired) electrons. The van der Waals surface area contributed by atoms with Crippen molar-refractivity contribution in [2.24, 2.45) is 0 Å². The lowest BCUT2D eigenvalue weighted by Gasteiger charge is -2.27. The average molecular weight is 432 g/mol. The van der Waals surface area contributed by atoms with Crippen LogP contribution in [-0.2, 0) is 17.9 Å². The fraction of sp³-hybridized carbons (Fsp3) is 0.200. The van der Waals surface area contributed by atoms with Crippen molar-refractivity contribution >= 4 is 11.8 Å². The maximum atomic E-state index is 13.3. The summed E-state index contributed by atoms with van der Waals surface area (Å²) in [6.07, 6.45) is 3.18. The summed E-state index contributed by atoms with van der Waals surface area (Å²) >= 11 is 0. The molecule has 7 nitrogen and oxygen atoms in total. The average Bonchev–Trinajstić information content (AvgIpc) is 3.50. The first-order valence-corrected chi connectivity index (χ1v) is 10.3. The molecule has 0 saturated carbocycles. The third-order valence-corrected chi connectivity index (χ3v) is 5.08. The highest BCUT2D eigenvalue weighted by molar-refractivity contribution is 5.97. The molecule has 0 atom stereocenters. The molecule has 0 spiro atoms. The van der Waals surface area contributed by atoms with Gasteiger partial charge in [0.15, 0.2) is 11.5 Å². The van der Waals surface area contributed by atoms with Gasteiger partial charge in [-0.2, -0.15) is 0 Å². The quantitative estimate of drug-likeness (QED) is 0.480. The molecule has 3 aromatic rings. The van der Waals surface area contributed by atoms with Crippen LogP contribution in [0.1, 0.15) is 21.7 Å². The lowest BCUT2D eigenvalue weighted by molar-refractivity contribution is -0.133. The molecular weight excluding hydrogens is 408 g/mol. The first kappa shape index (κ1) is 21.2. The van der Waals surface area contributed by atoms with Crippen molar-refractivity contribution in [2.45, 2.75) is 13.1 Å². The molecule has 2 heterocycles. The van der Waals surface area contributed by atoms with Crippen molar-refractivity contribution in [1.29, 1.82) is 0 Å². The highest BCUT2D eigenvalue weighted by Gasteiger charge is 2.24. The zero-order chi connectivity index (χ0) is 22.3. The second kappa shape index (κ2) is 9.87. The van der Waals surface area contributed by atoms with E-state index in [9.17, 15) is 9.59 Å². The van der Waals surface area contributed by atoms with E-state index in [1.807, 2.05) is 36.4 Å². The van der Waals surface area contributed by atoms with Gasteiger partial charge in [-0.05, 0) is 35.9 Å². The molecule has 0 N–H and O–H groups in total. The van der Waals surface area contributed by atoms with E-state index < -0.39 is 0 Å². The van der Waals surface area contributed by atoms with Crippen LogP contribution >= 0.6 is 0 Å². The van der Waals surface area contributed by atoms with E-state index in [0.29, 0.717) is 35.9 Å². The van der Waals surface area contributed by atoms with Crippen LogP contribution in [0.5, 0.6) is 11.5 Å². The first-order chi connectivity index (χ1) is 15.6. The van der Waals surface area contributed by atoms with E-state index in [0.717, 1.165) is 5.56 Å². The van der Waals surface area contributed by atoms with Gasteiger partial charge in [0.1, 0.15) is 12.3 Å². The Morgan fingerprint density at radius 3 is 2.50 bits per heavy atom. The van der Waals surface area contributed by atoms with Gasteiger partial charge in [-0.25, -0.2) is 0 Å². The van der Waals surface area contributed by atoms with Crippen molar-refractivity contribution in [2.75, 3.05) is 19.9 Å². The topological polar surface area (TPSA) is 72.2 Å². The first-order valence-electron chi connectivity index (χ1n) is 10.3. The number of hydrogen-bond acceptors (Lipinski definition) is 5. The van der Waals surface area contributed by atoms with Crippen LogP contribution < -0.4 is 9.47 Å². The smallest absolute Gasteiger partial charge is 0.254 e. The van der Waals surface area contributed by atoms with Crippen LogP contribution in [0.3, 0.4) is 0 Å². The maximum Gasteiger partial charge on any atom is 0.254 e. The summed E-state index contributed by atoms with van der Waals surface area (Å²) in [4.78, 5) is 29.6. The Bertz CT molecular complexity index is 1080. The van der Waals surface area contributed by atoms with Crippen LogP contribution in [0.15, 0.2) is 84.0 Å². The molecule has 2 aromatic carbocycles. The molecular formula is C25H24N2O5. The Labute approximate surface area is 186 Å². The molecule has 1 aliphatic heterocycles. The lowest BCUT2D eigenvalue weighted by atomic mass is 10.1. The van der Waals surface area contributed by atoms with Crippen LogP contribution in [0.4, 0.5) is 0 Å². The minimum atomic E-state index is -0.283. The number of ether oxygens (including phenoxy) is 2. The van der Waals surface area contributed by atoms with Crippen molar-refractivity contribution in [3.63, 3.8) is 0 Å². The molecule has 164 valence electrons. The van der Waals surface area contributed by atoms with E-state index >= 15 is 0 Å². The molecule has 0 unspecified atom stereocenters. The summed E-state index contributed by atoms with van der Waals surface area (Å²) in [7, 11) is 0. The Hall–Kier alpha value is -4.00. The van der Waals surface area contributed by atoms with Crippen LogP contribution in [0.25, 0.3) is 0 Å². The number of nitrogens with zero attached hydrogens (tertiary/aromatic N) is 2. The van der Waals surface area contributed by atoms with E-state index in [2.05, 4.69) is 6.58 Å². The third kappa shape index (κ3) is 5.00. The number of hydrogen-bond donors (Lipinski definition) is 0. The van der Waals surface area contributed by atoms with Gasteiger partial charge in [-0.15, -0.1) is 6.58 Å². The van der Waals surface area contributed by atoms with Crippen molar-refractivity contribution in [1.82, 2.24) is 9.80 Å². The number of carbonyl (C=O) groups excluding carboxylic acids is 2. The fourth-order valence-corrected chi connectivity index (χ4v) is 3.48. The number of carbonyl (C=O) groups is 2. The SMILES string of the molecule is C=CCN(CC(=O)N(Cc1ccccc1)Cc1ccco1)C(=O)c1ccc2c(c1)OCO2. The van der Waals surface area contributed by atoms with E-state index in [1.54, 1.807) is 41.5 Å². The Morgan fingerprint density at radius 1 is 0.938 bits per heavy atom. The maximum absolute atomic E-state index is 13.3. The van der Waals surface area contributed by atoms with Gasteiger partial charge in [0.05, 0.1) is 12.8 Å².